The van der Waals surface area contributed by atoms with Crippen LogP contribution in [-0.4, -0.2) is 11.7 Å². The van der Waals surface area contributed by atoms with Gasteiger partial charge in [0.1, 0.15) is 28.7 Å². The monoisotopic (exact) mass is 506 g/mol. The highest BCUT2D eigenvalue weighted by Crippen LogP contribution is 2.45. The van der Waals surface area contributed by atoms with Crippen LogP contribution in [0, 0.1) is 34.3 Å². The van der Waals surface area contributed by atoms with Gasteiger partial charge in [-0.3, -0.25) is 0 Å². The van der Waals surface area contributed by atoms with E-state index in [1.807, 2.05) is 6.92 Å². The highest BCUT2D eigenvalue weighted by atomic mass is 19.1. The average molecular weight is 507 g/mol. The van der Waals surface area contributed by atoms with Gasteiger partial charge in [-0.1, -0.05) is 24.3 Å². The lowest BCUT2D eigenvalue weighted by molar-refractivity contribution is 0.103. The van der Waals surface area contributed by atoms with Crippen LogP contribution in [0.5, 0.6) is 11.5 Å². The molecular formula is C32H24F2N2O2. The van der Waals surface area contributed by atoms with Gasteiger partial charge in [0, 0.05) is 29.7 Å². The fourth-order valence-corrected chi connectivity index (χ4v) is 4.58. The number of hydrogen-bond donors (Lipinski definition) is 0. The highest BCUT2D eigenvalue weighted by Gasteiger charge is 2.47. The first kappa shape index (κ1) is 25.0. The molecule has 6 heteroatoms. The molecule has 0 unspecified atom stereocenters. The standard InChI is InChI=1S/C32H24F2N2O2/c1-21(37-26-10-12-28(30(33)16-26)24-6-2-22(19-35)3-7-24)18-32(14-15-32)38-27-11-13-29(31(34)17-27)25-8-4-23(20-36)5-9-25/h2-13,16-17,21H,14-15,18H2,1H3/t21-/m1/s1. The van der Waals surface area contributed by atoms with Gasteiger partial charge >= 0.3 is 0 Å². The van der Waals surface area contributed by atoms with Gasteiger partial charge < -0.3 is 9.47 Å². The maximum Gasteiger partial charge on any atom is 0.134 e. The van der Waals surface area contributed by atoms with Crippen molar-refractivity contribution in [3.05, 3.63) is 108 Å². The molecule has 0 aromatic heterocycles. The van der Waals surface area contributed by atoms with Gasteiger partial charge in [-0.25, -0.2) is 8.78 Å². The van der Waals surface area contributed by atoms with Gasteiger partial charge in [-0.2, -0.15) is 10.5 Å². The number of benzene rings is 4. The molecule has 38 heavy (non-hydrogen) atoms. The van der Waals surface area contributed by atoms with Crippen molar-refractivity contribution in [3.8, 4) is 45.9 Å². The highest BCUT2D eigenvalue weighted by molar-refractivity contribution is 5.66. The second kappa shape index (κ2) is 10.4. The molecule has 0 radical (unpaired) electrons. The van der Waals surface area contributed by atoms with Crippen LogP contribution in [0.2, 0.25) is 0 Å². The van der Waals surface area contributed by atoms with E-state index in [1.165, 1.54) is 12.1 Å². The van der Waals surface area contributed by atoms with E-state index in [1.54, 1.807) is 72.8 Å². The Kier molecular flexibility index (Phi) is 6.81. The number of nitrogens with zero attached hydrogens (tertiary/aromatic N) is 2. The summed E-state index contributed by atoms with van der Waals surface area (Å²) in [4.78, 5) is 0. The summed E-state index contributed by atoms with van der Waals surface area (Å²) in [5.74, 6) is 0.0585. The largest absolute Gasteiger partial charge is 0.490 e. The molecule has 0 heterocycles. The summed E-state index contributed by atoms with van der Waals surface area (Å²) in [6.07, 6.45) is 1.97. The van der Waals surface area contributed by atoms with Crippen LogP contribution >= 0.6 is 0 Å². The molecule has 1 aliphatic rings. The summed E-state index contributed by atoms with van der Waals surface area (Å²) < 4.78 is 41.9. The van der Waals surface area contributed by atoms with E-state index in [4.69, 9.17) is 20.0 Å². The van der Waals surface area contributed by atoms with Gasteiger partial charge in [0.2, 0.25) is 0 Å². The summed E-state index contributed by atoms with van der Waals surface area (Å²) in [6, 6.07) is 27.2. The molecule has 1 fully saturated rings. The zero-order chi connectivity index (χ0) is 26.7. The molecule has 0 saturated heterocycles. The van der Waals surface area contributed by atoms with Gasteiger partial charge in [0.15, 0.2) is 0 Å². The van der Waals surface area contributed by atoms with Gasteiger partial charge in [0.05, 0.1) is 29.4 Å². The third kappa shape index (κ3) is 5.51. The van der Waals surface area contributed by atoms with Crippen molar-refractivity contribution >= 4 is 0 Å². The fourth-order valence-electron chi connectivity index (χ4n) is 4.58. The number of rotatable bonds is 8. The van der Waals surface area contributed by atoms with E-state index in [9.17, 15) is 8.78 Å². The normalized spacial score (nSPS) is 14.1. The molecule has 5 rings (SSSR count). The van der Waals surface area contributed by atoms with E-state index in [0.29, 0.717) is 51.3 Å². The van der Waals surface area contributed by atoms with Crippen molar-refractivity contribution in [2.24, 2.45) is 0 Å². The lowest BCUT2D eigenvalue weighted by atomic mass is 10.0. The topological polar surface area (TPSA) is 66.0 Å². The second-order valence-corrected chi connectivity index (χ2v) is 9.58. The smallest absolute Gasteiger partial charge is 0.134 e. The Morgan fingerprint density at radius 1 is 0.737 bits per heavy atom. The van der Waals surface area contributed by atoms with Crippen LogP contribution in [0.15, 0.2) is 84.9 Å². The van der Waals surface area contributed by atoms with Crippen molar-refractivity contribution in [3.63, 3.8) is 0 Å². The first-order chi connectivity index (χ1) is 18.4. The number of nitriles is 2. The maximum absolute atomic E-state index is 14.9. The Hall–Kier alpha value is -4.68. The predicted molar refractivity (Wildman–Crippen MR) is 140 cm³/mol. The van der Waals surface area contributed by atoms with Gasteiger partial charge in [0.25, 0.3) is 0 Å². The van der Waals surface area contributed by atoms with Crippen molar-refractivity contribution in [1.29, 1.82) is 10.5 Å². The van der Waals surface area contributed by atoms with Gasteiger partial charge in [-0.15, -0.1) is 0 Å². The molecule has 0 N–H and O–H groups in total. The van der Waals surface area contributed by atoms with Crippen LogP contribution in [0.4, 0.5) is 8.78 Å². The number of ether oxygens (including phenoxy) is 2. The summed E-state index contributed by atoms with van der Waals surface area (Å²) in [6.45, 7) is 1.91. The second-order valence-electron chi connectivity index (χ2n) is 9.58. The molecule has 4 aromatic rings. The molecule has 0 amide bonds. The third-order valence-corrected chi connectivity index (χ3v) is 6.67. The van der Waals surface area contributed by atoms with E-state index in [0.717, 1.165) is 12.8 Å². The van der Waals surface area contributed by atoms with E-state index in [2.05, 4.69) is 12.1 Å². The Bertz CT molecular complexity index is 1550. The zero-order valence-corrected chi connectivity index (χ0v) is 20.7. The molecule has 0 spiro atoms. The Labute approximate surface area is 220 Å². The Morgan fingerprint density at radius 3 is 1.66 bits per heavy atom. The van der Waals surface area contributed by atoms with Crippen LogP contribution in [-0.2, 0) is 0 Å². The number of hydrogen-bond acceptors (Lipinski definition) is 4. The lowest BCUT2D eigenvalue weighted by Crippen LogP contribution is -2.27. The van der Waals surface area contributed by atoms with Crippen molar-refractivity contribution in [2.75, 3.05) is 0 Å². The zero-order valence-electron chi connectivity index (χ0n) is 20.7. The van der Waals surface area contributed by atoms with E-state index >= 15 is 0 Å². The summed E-state index contributed by atoms with van der Waals surface area (Å²) in [5.41, 5.74) is 2.84. The van der Waals surface area contributed by atoms with Crippen molar-refractivity contribution in [2.45, 2.75) is 37.9 Å². The molecule has 4 aromatic carbocycles. The third-order valence-electron chi connectivity index (χ3n) is 6.67. The van der Waals surface area contributed by atoms with Crippen molar-refractivity contribution < 1.29 is 18.3 Å². The first-order valence-electron chi connectivity index (χ1n) is 12.3. The van der Waals surface area contributed by atoms with Crippen LogP contribution in [0.1, 0.15) is 37.3 Å². The molecule has 1 aliphatic carbocycles. The van der Waals surface area contributed by atoms with Crippen LogP contribution in [0.25, 0.3) is 22.3 Å². The minimum atomic E-state index is -0.442. The molecular weight excluding hydrogens is 482 g/mol. The SMILES string of the molecule is C[C@H](CC1(Oc2ccc(-c3ccc(C#N)cc3)c(F)c2)CC1)Oc1ccc(-c2ccc(C#N)cc2)c(F)c1. The minimum Gasteiger partial charge on any atom is -0.490 e. The minimum absolute atomic E-state index is 0.250. The Balaban J connectivity index is 1.22. The molecule has 188 valence electrons. The molecule has 0 aliphatic heterocycles. The summed E-state index contributed by atoms with van der Waals surface area (Å²) in [7, 11) is 0. The predicted octanol–water partition coefficient (Wildman–Crippen LogP) is 7.81. The molecule has 1 saturated carbocycles. The fraction of sp³-hybridized carbons (Fsp3) is 0.188. The first-order valence-corrected chi connectivity index (χ1v) is 12.3. The summed E-state index contributed by atoms with van der Waals surface area (Å²) in [5, 5.41) is 17.9. The Morgan fingerprint density at radius 2 is 1.21 bits per heavy atom. The van der Waals surface area contributed by atoms with Gasteiger partial charge in [-0.05, 0) is 79.4 Å². The van der Waals surface area contributed by atoms with Crippen molar-refractivity contribution in [1.82, 2.24) is 0 Å². The molecule has 1 atom stereocenters. The van der Waals surface area contributed by atoms with E-state index in [-0.39, 0.29) is 6.10 Å². The molecule has 4 nitrogen and oxygen atoms in total. The number of halogens is 2. The van der Waals surface area contributed by atoms with Crippen LogP contribution in [0.3, 0.4) is 0 Å². The summed E-state index contributed by atoms with van der Waals surface area (Å²) >= 11 is 0. The van der Waals surface area contributed by atoms with E-state index < -0.39 is 17.2 Å². The quantitative estimate of drug-likeness (QED) is 0.244. The van der Waals surface area contributed by atoms with Crippen LogP contribution < -0.4 is 9.47 Å². The maximum atomic E-state index is 14.9. The lowest BCUT2D eigenvalue weighted by Gasteiger charge is -2.23. The molecule has 0 bridgehead atoms. The average Bonchev–Trinajstić information content (AvgIpc) is 3.67.